The summed E-state index contributed by atoms with van der Waals surface area (Å²) in [6.07, 6.45) is 4.64. The standard InChI is InChI=1S/C15H19N3O3/c1-9-12(6-3-7-16-9)17-15(21)18-8-10-4-2-5-11(10)13(18)14(19)20/h3,6-7,10-11,13H,2,4-5,8H2,1H3,(H,17,21)(H,19,20). The van der Waals surface area contributed by atoms with Gasteiger partial charge in [0.15, 0.2) is 0 Å². The number of nitrogens with one attached hydrogen (secondary N) is 1. The van der Waals surface area contributed by atoms with Crippen LogP contribution >= 0.6 is 0 Å². The summed E-state index contributed by atoms with van der Waals surface area (Å²) < 4.78 is 0. The van der Waals surface area contributed by atoms with Crippen LogP contribution in [-0.4, -0.2) is 39.6 Å². The van der Waals surface area contributed by atoms with Gasteiger partial charge in [-0.2, -0.15) is 0 Å². The molecule has 3 unspecified atom stereocenters. The van der Waals surface area contributed by atoms with Crippen molar-refractivity contribution in [1.29, 1.82) is 0 Å². The fourth-order valence-corrected chi connectivity index (χ4v) is 3.63. The van der Waals surface area contributed by atoms with E-state index in [9.17, 15) is 14.7 Å². The lowest BCUT2D eigenvalue weighted by Gasteiger charge is -2.24. The first-order valence-electron chi connectivity index (χ1n) is 7.30. The van der Waals surface area contributed by atoms with Crippen molar-refractivity contribution in [2.45, 2.75) is 32.2 Å². The zero-order chi connectivity index (χ0) is 15.0. The van der Waals surface area contributed by atoms with Crippen molar-refractivity contribution in [2.75, 3.05) is 11.9 Å². The third kappa shape index (κ3) is 2.46. The number of carboxylic acids is 1. The minimum absolute atomic E-state index is 0.100. The minimum Gasteiger partial charge on any atom is -0.480 e. The van der Waals surface area contributed by atoms with Crippen molar-refractivity contribution in [3.05, 3.63) is 24.0 Å². The highest BCUT2D eigenvalue weighted by Crippen LogP contribution is 2.42. The molecule has 0 spiro atoms. The van der Waals surface area contributed by atoms with Crippen LogP contribution in [0.25, 0.3) is 0 Å². The van der Waals surface area contributed by atoms with Crippen LogP contribution in [0.15, 0.2) is 18.3 Å². The molecule has 1 saturated heterocycles. The number of rotatable bonds is 2. The highest BCUT2D eigenvalue weighted by molar-refractivity contribution is 5.93. The summed E-state index contributed by atoms with van der Waals surface area (Å²) in [6, 6.07) is 2.48. The maximum atomic E-state index is 12.4. The van der Waals surface area contributed by atoms with Gasteiger partial charge >= 0.3 is 12.0 Å². The Morgan fingerprint density at radius 3 is 2.95 bits per heavy atom. The van der Waals surface area contributed by atoms with Crippen LogP contribution in [0.5, 0.6) is 0 Å². The number of hydrogen-bond acceptors (Lipinski definition) is 3. The topological polar surface area (TPSA) is 82.5 Å². The Bertz CT molecular complexity index is 575. The lowest BCUT2D eigenvalue weighted by molar-refractivity contribution is -0.142. The van der Waals surface area contributed by atoms with Gasteiger partial charge in [0.05, 0.1) is 11.4 Å². The number of carbonyl (C=O) groups excluding carboxylic acids is 1. The van der Waals surface area contributed by atoms with Gasteiger partial charge in [0.25, 0.3) is 0 Å². The van der Waals surface area contributed by atoms with Crippen molar-refractivity contribution >= 4 is 17.7 Å². The predicted molar refractivity (Wildman–Crippen MR) is 77.0 cm³/mol. The van der Waals surface area contributed by atoms with Gasteiger partial charge in [0.2, 0.25) is 0 Å². The van der Waals surface area contributed by atoms with E-state index in [2.05, 4.69) is 10.3 Å². The molecular formula is C15H19N3O3. The Labute approximate surface area is 123 Å². The van der Waals surface area contributed by atoms with Crippen LogP contribution in [0.4, 0.5) is 10.5 Å². The first-order chi connectivity index (χ1) is 10.1. The van der Waals surface area contributed by atoms with E-state index in [4.69, 9.17) is 0 Å². The Kier molecular flexibility index (Phi) is 3.53. The fraction of sp³-hybridized carbons (Fsp3) is 0.533. The molecular weight excluding hydrogens is 270 g/mol. The van der Waals surface area contributed by atoms with Crippen LogP contribution in [0, 0.1) is 18.8 Å². The first kappa shape index (κ1) is 13.9. The third-order valence-corrected chi connectivity index (χ3v) is 4.65. The number of nitrogens with zero attached hydrogens (tertiary/aromatic N) is 2. The summed E-state index contributed by atoms with van der Waals surface area (Å²) in [5.41, 5.74) is 1.35. The van der Waals surface area contributed by atoms with Crippen molar-refractivity contribution in [2.24, 2.45) is 11.8 Å². The number of pyridine rings is 1. The monoisotopic (exact) mass is 289 g/mol. The Morgan fingerprint density at radius 1 is 1.43 bits per heavy atom. The zero-order valence-corrected chi connectivity index (χ0v) is 12.0. The maximum absolute atomic E-state index is 12.4. The minimum atomic E-state index is -0.901. The smallest absolute Gasteiger partial charge is 0.326 e. The Balaban J connectivity index is 1.78. The molecule has 2 N–H and O–H groups in total. The van der Waals surface area contributed by atoms with Gasteiger partial charge in [-0.15, -0.1) is 0 Å². The summed E-state index contributed by atoms with van der Waals surface area (Å²) >= 11 is 0. The highest BCUT2D eigenvalue weighted by atomic mass is 16.4. The number of hydrogen-bond donors (Lipinski definition) is 2. The molecule has 2 aliphatic rings. The number of aromatic nitrogens is 1. The molecule has 0 aromatic carbocycles. The van der Waals surface area contributed by atoms with Crippen molar-refractivity contribution in [1.82, 2.24) is 9.88 Å². The van der Waals surface area contributed by atoms with Crippen molar-refractivity contribution < 1.29 is 14.7 Å². The van der Waals surface area contributed by atoms with Gasteiger partial charge in [-0.1, -0.05) is 6.42 Å². The molecule has 3 atom stereocenters. The second kappa shape index (κ2) is 5.35. The average molecular weight is 289 g/mol. The molecule has 2 amide bonds. The second-order valence-electron chi connectivity index (χ2n) is 5.86. The highest BCUT2D eigenvalue weighted by Gasteiger charge is 2.49. The lowest BCUT2D eigenvalue weighted by Crippen LogP contribution is -2.45. The number of amides is 2. The number of likely N-dealkylation sites (tertiary alicyclic amines) is 1. The molecule has 112 valence electrons. The molecule has 3 rings (SSSR count). The number of anilines is 1. The zero-order valence-electron chi connectivity index (χ0n) is 12.0. The molecule has 2 fully saturated rings. The van der Waals surface area contributed by atoms with Gasteiger partial charge in [0, 0.05) is 12.7 Å². The van der Waals surface area contributed by atoms with Crippen molar-refractivity contribution in [3.63, 3.8) is 0 Å². The Hall–Kier alpha value is -2.11. The van der Waals surface area contributed by atoms with E-state index in [0.29, 0.717) is 18.2 Å². The fourth-order valence-electron chi connectivity index (χ4n) is 3.63. The summed E-state index contributed by atoms with van der Waals surface area (Å²) in [6.45, 7) is 2.34. The molecule has 2 heterocycles. The van der Waals surface area contributed by atoms with Gasteiger partial charge in [0.1, 0.15) is 6.04 Å². The number of fused-ring (bicyclic) bond motifs is 1. The average Bonchev–Trinajstić information content (AvgIpc) is 3.00. The predicted octanol–water partition coefficient (Wildman–Crippen LogP) is 2.11. The molecule has 1 saturated carbocycles. The summed E-state index contributed by atoms with van der Waals surface area (Å²) in [4.78, 5) is 29.6. The van der Waals surface area contributed by atoms with Gasteiger partial charge in [-0.25, -0.2) is 9.59 Å². The van der Waals surface area contributed by atoms with E-state index in [1.54, 1.807) is 18.3 Å². The SMILES string of the molecule is Cc1ncccc1NC(=O)N1CC2CCCC2C1C(=O)O. The van der Waals surface area contributed by atoms with Crippen LogP contribution in [0.1, 0.15) is 25.0 Å². The van der Waals surface area contributed by atoms with E-state index < -0.39 is 12.0 Å². The quantitative estimate of drug-likeness (QED) is 0.873. The van der Waals surface area contributed by atoms with Gasteiger partial charge < -0.3 is 15.3 Å². The van der Waals surface area contributed by atoms with Crippen LogP contribution < -0.4 is 5.32 Å². The summed E-state index contributed by atoms with van der Waals surface area (Å²) in [7, 11) is 0. The Morgan fingerprint density at radius 2 is 2.24 bits per heavy atom. The van der Waals surface area contributed by atoms with E-state index in [1.807, 2.05) is 6.92 Å². The molecule has 1 aromatic rings. The van der Waals surface area contributed by atoms with E-state index >= 15 is 0 Å². The van der Waals surface area contributed by atoms with Gasteiger partial charge in [-0.3, -0.25) is 4.98 Å². The number of aryl methyl sites for hydroxylation is 1. The van der Waals surface area contributed by atoms with E-state index in [-0.39, 0.29) is 11.9 Å². The van der Waals surface area contributed by atoms with Crippen molar-refractivity contribution in [3.8, 4) is 0 Å². The number of aliphatic carboxylic acids is 1. The van der Waals surface area contributed by atoms with E-state index in [1.165, 1.54) is 4.90 Å². The second-order valence-corrected chi connectivity index (χ2v) is 5.86. The van der Waals surface area contributed by atoms with Crippen LogP contribution in [-0.2, 0) is 4.79 Å². The molecule has 0 bridgehead atoms. The number of urea groups is 1. The largest absolute Gasteiger partial charge is 0.480 e. The third-order valence-electron chi connectivity index (χ3n) is 4.65. The molecule has 1 aromatic heterocycles. The molecule has 21 heavy (non-hydrogen) atoms. The number of carboxylic acid groups (broad SMARTS) is 1. The van der Waals surface area contributed by atoms with Crippen LogP contribution in [0.3, 0.4) is 0 Å². The lowest BCUT2D eigenvalue weighted by atomic mass is 9.94. The first-order valence-corrected chi connectivity index (χ1v) is 7.30. The maximum Gasteiger partial charge on any atom is 0.326 e. The molecule has 6 nitrogen and oxygen atoms in total. The molecule has 1 aliphatic carbocycles. The summed E-state index contributed by atoms with van der Waals surface area (Å²) in [5, 5.41) is 12.3. The number of carbonyl (C=O) groups is 2. The van der Waals surface area contributed by atoms with Crippen LogP contribution in [0.2, 0.25) is 0 Å². The molecule has 0 radical (unpaired) electrons. The molecule has 6 heteroatoms. The summed E-state index contributed by atoms with van der Waals surface area (Å²) in [5.74, 6) is -0.474. The normalized spacial score (nSPS) is 27.5. The van der Waals surface area contributed by atoms with Gasteiger partial charge in [-0.05, 0) is 43.7 Å². The molecule has 1 aliphatic heterocycles. The van der Waals surface area contributed by atoms with E-state index in [0.717, 1.165) is 25.0 Å².